The van der Waals surface area contributed by atoms with Crippen molar-refractivity contribution in [3.05, 3.63) is 58.9 Å². The summed E-state index contributed by atoms with van der Waals surface area (Å²) >= 11 is 0. The SMILES string of the molecule is C=CC1(C)c2c(cc(OCC)c(OCC)c2F)C(C)(C)N1CC(=O)c1cc2c(c(C(C)(C)C)c1)OCCN2C. The van der Waals surface area contributed by atoms with E-state index < -0.39 is 16.9 Å². The van der Waals surface area contributed by atoms with E-state index in [1.807, 2.05) is 64.8 Å². The first-order valence-electron chi connectivity index (χ1n) is 13.8. The summed E-state index contributed by atoms with van der Waals surface area (Å²) in [5, 5.41) is 0. The maximum absolute atomic E-state index is 16.2. The molecule has 2 aromatic rings. The van der Waals surface area contributed by atoms with Crippen LogP contribution in [0.5, 0.6) is 17.2 Å². The molecular formula is C32H43FN2O4. The van der Waals surface area contributed by atoms with Gasteiger partial charge in [0.1, 0.15) is 12.4 Å². The van der Waals surface area contributed by atoms with E-state index in [0.29, 0.717) is 36.7 Å². The van der Waals surface area contributed by atoms with Crippen LogP contribution in [0.4, 0.5) is 10.1 Å². The topological polar surface area (TPSA) is 51.2 Å². The van der Waals surface area contributed by atoms with Gasteiger partial charge in [0, 0.05) is 29.3 Å². The molecule has 2 aromatic carbocycles. The van der Waals surface area contributed by atoms with Gasteiger partial charge < -0.3 is 19.1 Å². The number of anilines is 1. The van der Waals surface area contributed by atoms with Crippen molar-refractivity contribution in [2.45, 2.75) is 71.9 Å². The van der Waals surface area contributed by atoms with Crippen LogP contribution < -0.4 is 19.1 Å². The standard InChI is InChI=1S/C32H43FN2O4/c1-11-32(9)26-21(18-25(37-12-2)29(27(26)33)38-13-3)31(7,8)35(32)19-24(36)20-16-22(30(4,5)6)28-23(17-20)34(10)14-15-39-28/h11,16-18H,1,12-15,19H2,2-10H3. The number of halogens is 1. The first-order chi connectivity index (χ1) is 18.2. The maximum atomic E-state index is 16.2. The molecule has 0 saturated heterocycles. The molecule has 1 unspecified atom stereocenters. The molecule has 7 heteroatoms. The molecule has 39 heavy (non-hydrogen) atoms. The minimum absolute atomic E-state index is 0.0494. The number of nitrogens with zero attached hydrogens (tertiary/aromatic N) is 2. The average Bonchev–Trinajstić information content (AvgIpc) is 3.03. The fraction of sp³-hybridized carbons (Fsp3) is 0.531. The zero-order chi connectivity index (χ0) is 28.9. The van der Waals surface area contributed by atoms with E-state index in [4.69, 9.17) is 14.2 Å². The van der Waals surface area contributed by atoms with E-state index in [1.54, 1.807) is 6.08 Å². The molecule has 0 fully saturated rings. The third-order valence-corrected chi connectivity index (χ3v) is 8.16. The Labute approximate surface area is 232 Å². The summed E-state index contributed by atoms with van der Waals surface area (Å²) in [7, 11) is 2.02. The number of Topliss-reactive ketones (excluding diaryl/α,β-unsaturated/α-hetero) is 1. The van der Waals surface area contributed by atoms with E-state index >= 15 is 4.39 Å². The Morgan fingerprint density at radius 1 is 1.15 bits per heavy atom. The number of ketones is 1. The van der Waals surface area contributed by atoms with E-state index in [2.05, 4.69) is 32.3 Å². The van der Waals surface area contributed by atoms with Gasteiger partial charge in [0.15, 0.2) is 23.1 Å². The fourth-order valence-corrected chi connectivity index (χ4v) is 5.97. The van der Waals surface area contributed by atoms with Gasteiger partial charge in [-0.15, -0.1) is 6.58 Å². The Kier molecular flexibility index (Phi) is 7.54. The molecule has 212 valence electrons. The second kappa shape index (κ2) is 10.2. The van der Waals surface area contributed by atoms with E-state index in [0.717, 1.165) is 29.1 Å². The lowest BCUT2D eigenvalue weighted by Gasteiger charge is -2.41. The van der Waals surface area contributed by atoms with Crippen LogP contribution in [-0.4, -0.2) is 50.6 Å². The van der Waals surface area contributed by atoms with Crippen molar-refractivity contribution in [1.29, 1.82) is 0 Å². The number of hydrogen-bond donors (Lipinski definition) is 0. The monoisotopic (exact) mass is 538 g/mol. The van der Waals surface area contributed by atoms with Gasteiger partial charge in [-0.05, 0) is 63.8 Å². The van der Waals surface area contributed by atoms with E-state index in [-0.39, 0.29) is 23.5 Å². The molecule has 2 heterocycles. The molecule has 0 radical (unpaired) electrons. The molecule has 0 aliphatic carbocycles. The number of fused-ring (bicyclic) bond motifs is 2. The lowest BCUT2D eigenvalue weighted by molar-refractivity contribution is 0.0493. The van der Waals surface area contributed by atoms with Gasteiger partial charge in [-0.3, -0.25) is 9.69 Å². The molecule has 4 rings (SSSR count). The van der Waals surface area contributed by atoms with Crippen LogP contribution in [0.1, 0.15) is 82.4 Å². The number of ether oxygens (including phenoxy) is 3. The Hall–Kier alpha value is -3.06. The number of carbonyl (C=O) groups is 1. The maximum Gasteiger partial charge on any atom is 0.197 e. The number of rotatable bonds is 8. The number of hydrogen-bond acceptors (Lipinski definition) is 6. The molecule has 6 nitrogen and oxygen atoms in total. The summed E-state index contributed by atoms with van der Waals surface area (Å²) in [6.45, 7) is 22.2. The Bertz CT molecular complexity index is 1300. The smallest absolute Gasteiger partial charge is 0.197 e. The second-order valence-electron chi connectivity index (χ2n) is 12.1. The number of carbonyl (C=O) groups excluding carboxylic acids is 1. The number of likely N-dealkylation sites (N-methyl/N-ethyl adjacent to an activating group) is 1. The second-order valence-corrected chi connectivity index (χ2v) is 12.1. The molecule has 2 aliphatic heterocycles. The normalized spacial score (nSPS) is 20.2. The molecule has 0 spiro atoms. The van der Waals surface area contributed by atoms with Gasteiger partial charge in [0.25, 0.3) is 0 Å². The van der Waals surface area contributed by atoms with Gasteiger partial charge in [-0.25, -0.2) is 4.39 Å². The van der Waals surface area contributed by atoms with Crippen molar-refractivity contribution in [2.24, 2.45) is 0 Å². The van der Waals surface area contributed by atoms with Crippen LogP contribution in [0.25, 0.3) is 0 Å². The van der Waals surface area contributed by atoms with Crippen molar-refractivity contribution in [2.75, 3.05) is 44.9 Å². The van der Waals surface area contributed by atoms with Crippen LogP contribution in [0.15, 0.2) is 30.9 Å². The lowest BCUT2D eigenvalue weighted by Crippen LogP contribution is -2.48. The van der Waals surface area contributed by atoms with Crippen molar-refractivity contribution in [3.63, 3.8) is 0 Å². The summed E-state index contributed by atoms with van der Waals surface area (Å²) in [5.74, 6) is 0.794. The molecule has 0 bridgehead atoms. The van der Waals surface area contributed by atoms with Crippen LogP contribution >= 0.6 is 0 Å². The van der Waals surface area contributed by atoms with Crippen LogP contribution in [0, 0.1) is 5.82 Å². The molecular weight excluding hydrogens is 495 g/mol. The van der Waals surface area contributed by atoms with Crippen molar-refractivity contribution in [3.8, 4) is 17.2 Å². The minimum Gasteiger partial charge on any atom is -0.490 e. The molecule has 0 aromatic heterocycles. The first-order valence-corrected chi connectivity index (χ1v) is 13.8. The van der Waals surface area contributed by atoms with Crippen molar-refractivity contribution >= 4 is 11.5 Å². The van der Waals surface area contributed by atoms with Crippen LogP contribution in [0.3, 0.4) is 0 Å². The molecule has 2 aliphatic rings. The summed E-state index contributed by atoms with van der Waals surface area (Å²) in [6, 6.07) is 5.75. The molecule has 1 atom stereocenters. The van der Waals surface area contributed by atoms with Gasteiger partial charge in [-0.1, -0.05) is 26.8 Å². The Morgan fingerprint density at radius 3 is 2.41 bits per heavy atom. The summed E-state index contributed by atoms with van der Waals surface area (Å²) in [4.78, 5) is 18.2. The van der Waals surface area contributed by atoms with Gasteiger partial charge in [0.2, 0.25) is 0 Å². The first kappa shape index (κ1) is 28.9. The Balaban J connectivity index is 1.82. The van der Waals surface area contributed by atoms with Gasteiger partial charge in [0.05, 0.1) is 37.5 Å². The van der Waals surface area contributed by atoms with Crippen LogP contribution in [-0.2, 0) is 16.5 Å². The van der Waals surface area contributed by atoms with Crippen molar-refractivity contribution < 1.29 is 23.4 Å². The zero-order valence-electron chi connectivity index (χ0n) is 25.0. The molecule has 0 amide bonds. The Morgan fingerprint density at radius 2 is 1.82 bits per heavy atom. The highest BCUT2D eigenvalue weighted by Gasteiger charge is 2.53. The third kappa shape index (κ3) is 4.69. The average molecular weight is 539 g/mol. The highest BCUT2D eigenvalue weighted by atomic mass is 19.1. The zero-order valence-corrected chi connectivity index (χ0v) is 25.0. The number of benzene rings is 2. The highest BCUT2D eigenvalue weighted by molar-refractivity contribution is 5.99. The quantitative estimate of drug-likeness (QED) is 0.279. The summed E-state index contributed by atoms with van der Waals surface area (Å²) < 4.78 is 33.8. The fourth-order valence-electron chi connectivity index (χ4n) is 5.97. The van der Waals surface area contributed by atoms with E-state index in [1.165, 1.54) is 0 Å². The molecule has 0 saturated carbocycles. The summed E-state index contributed by atoms with van der Waals surface area (Å²) in [6.07, 6.45) is 1.72. The van der Waals surface area contributed by atoms with Gasteiger partial charge >= 0.3 is 0 Å². The largest absolute Gasteiger partial charge is 0.490 e. The minimum atomic E-state index is -0.948. The van der Waals surface area contributed by atoms with Gasteiger partial charge in [-0.2, -0.15) is 0 Å². The third-order valence-electron chi connectivity index (χ3n) is 8.16. The summed E-state index contributed by atoms with van der Waals surface area (Å²) in [5.41, 5.74) is 1.90. The molecule has 0 N–H and O–H groups in total. The van der Waals surface area contributed by atoms with E-state index in [9.17, 15) is 4.79 Å². The lowest BCUT2D eigenvalue weighted by atomic mass is 9.84. The highest BCUT2D eigenvalue weighted by Crippen LogP contribution is 2.54. The van der Waals surface area contributed by atoms with Crippen LogP contribution in [0.2, 0.25) is 0 Å². The predicted molar refractivity (Wildman–Crippen MR) is 154 cm³/mol. The predicted octanol–water partition coefficient (Wildman–Crippen LogP) is 6.58. The van der Waals surface area contributed by atoms with Crippen molar-refractivity contribution in [1.82, 2.24) is 4.90 Å².